The highest BCUT2D eigenvalue weighted by Gasteiger charge is 2.41. The number of rotatable bonds is 9. The Labute approximate surface area is 186 Å². The van der Waals surface area contributed by atoms with E-state index in [-0.39, 0.29) is 11.3 Å². The predicted molar refractivity (Wildman–Crippen MR) is 125 cm³/mol. The fourth-order valence-corrected chi connectivity index (χ4v) is 5.91. The van der Waals surface area contributed by atoms with Gasteiger partial charge in [-0.3, -0.25) is 4.79 Å². The van der Waals surface area contributed by atoms with Crippen LogP contribution in [0.25, 0.3) is 0 Å². The Morgan fingerprint density at radius 1 is 1.23 bits per heavy atom. The third-order valence-electron chi connectivity index (χ3n) is 7.49. The maximum Gasteiger partial charge on any atom is 0.236 e. The van der Waals surface area contributed by atoms with Crippen molar-refractivity contribution in [2.75, 3.05) is 33.3 Å². The molecule has 2 atom stereocenters. The number of hydrogen-bond acceptors (Lipinski definition) is 3. The minimum absolute atomic E-state index is 0.121. The van der Waals surface area contributed by atoms with E-state index in [1.54, 1.807) is 7.11 Å². The Morgan fingerprint density at radius 3 is 2.87 bits per heavy atom. The van der Waals surface area contributed by atoms with Gasteiger partial charge in [0, 0.05) is 36.9 Å². The topological polar surface area (TPSA) is 57.4 Å². The summed E-state index contributed by atoms with van der Waals surface area (Å²) in [5, 5.41) is 3.18. The molecule has 1 fully saturated rings. The lowest BCUT2D eigenvalue weighted by Crippen LogP contribution is -2.48. The van der Waals surface area contributed by atoms with Gasteiger partial charge in [-0.2, -0.15) is 0 Å². The number of H-pyrrole nitrogens is 1. The van der Waals surface area contributed by atoms with E-state index in [2.05, 4.69) is 53.8 Å². The number of hydrogen-bond donors (Lipinski definition) is 2. The number of carbonyl (C=O) groups is 1. The third-order valence-corrected chi connectivity index (χ3v) is 7.49. The molecule has 2 aromatic rings. The number of carbonyl (C=O) groups excluding carboxylic acids is 1. The lowest BCUT2D eigenvalue weighted by Gasteiger charge is -2.44. The Morgan fingerprint density at radius 2 is 2.13 bits per heavy atom. The normalized spacial score (nSPS) is 20.9. The Balaban J connectivity index is 1.57. The smallest absolute Gasteiger partial charge is 0.236 e. The molecule has 2 unspecified atom stereocenters. The first-order valence-electron chi connectivity index (χ1n) is 11.9. The first-order chi connectivity index (χ1) is 15.2. The predicted octanol–water partition coefficient (Wildman–Crippen LogP) is 4.08. The standard InChI is InChI=1S/C26H37N3O2/c1-3-11-26(24-6-4-13-28-24,12-5-15-29-16-14-27-19-25(29)30)22-9-7-20-8-10-23(31-2)18-21(20)17-22/h4,6,8,10,13,18,22,27-28H,3,5,7,9,11-12,14-17,19H2,1-2H3. The molecule has 1 saturated heterocycles. The molecule has 168 valence electrons. The summed E-state index contributed by atoms with van der Waals surface area (Å²) in [6.07, 6.45) is 10.0. The molecule has 1 aliphatic carbocycles. The Hall–Kier alpha value is -2.27. The van der Waals surface area contributed by atoms with Gasteiger partial charge in [-0.25, -0.2) is 0 Å². The SMILES string of the molecule is CCCC(CCCN1CCNCC1=O)(c1ccc[nH]1)C1CCc2ccc(OC)cc2C1. The van der Waals surface area contributed by atoms with Gasteiger partial charge in [0.25, 0.3) is 0 Å². The van der Waals surface area contributed by atoms with Crippen LogP contribution in [-0.2, 0) is 23.1 Å². The van der Waals surface area contributed by atoms with Crippen LogP contribution in [0.1, 0.15) is 55.8 Å². The fraction of sp³-hybridized carbons (Fsp3) is 0.577. The second kappa shape index (κ2) is 9.90. The van der Waals surface area contributed by atoms with Gasteiger partial charge in [0.05, 0.1) is 13.7 Å². The third kappa shape index (κ3) is 4.67. The van der Waals surface area contributed by atoms with Crippen molar-refractivity contribution in [2.24, 2.45) is 5.92 Å². The minimum Gasteiger partial charge on any atom is -0.497 e. The van der Waals surface area contributed by atoms with Gasteiger partial charge in [0.1, 0.15) is 5.75 Å². The van der Waals surface area contributed by atoms with Crippen molar-refractivity contribution in [3.05, 3.63) is 53.3 Å². The monoisotopic (exact) mass is 423 g/mol. The second-order valence-electron chi connectivity index (χ2n) is 9.23. The van der Waals surface area contributed by atoms with Crippen LogP contribution < -0.4 is 10.1 Å². The van der Waals surface area contributed by atoms with Crippen LogP contribution in [0, 0.1) is 5.92 Å². The molecule has 0 spiro atoms. The average Bonchev–Trinajstić information content (AvgIpc) is 3.34. The molecule has 5 heteroatoms. The molecule has 2 heterocycles. The second-order valence-corrected chi connectivity index (χ2v) is 9.23. The molecular formula is C26H37N3O2. The van der Waals surface area contributed by atoms with Crippen LogP contribution in [0.15, 0.2) is 36.5 Å². The van der Waals surface area contributed by atoms with Crippen LogP contribution in [0.3, 0.4) is 0 Å². The summed E-state index contributed by atoms with van der Waals surface area (Å²) in [4.78, 5) is 17.9. The fourth-order valence-electron chi connectivity index (χ4n) is 5.91. The molecule has 1 aromatic carbocycles. The number of benzene rings is 1. The van der Waals surface area contributed by atoms with E-state index >= 15 is 0 Å². The summed E-state index contributed by atoms with van der Waals surface area (Å²) >= 11 is 0. The van der Waals surface area contributed by atoms with E-state index in [1.807, 2.05) is 4.90 Å². The van der Waals surface area contributed by atoms with Gasteiger partial charge in [-0.1, -0.05) is 19.4 Å². The van der Waals surface area contributed by atoms with Crippen LogP contribution >= 0.6 is 0 Å². The van der Waals surface area contributed by atoms with E-state index in [0.29, 0.717) is 12.5 Å². The van der Waals surface area contributed by atoms with Crippen molar-refractivity contribution in [1.29, 1.82) is 0 Å². The summed E-state index contributed by atoms with van der Waals surface area (Å²) in [6, 6.07) is 11.0. The molecule has 5 nitrogen and oxygen atoms in total. The van der Waals surface area contributed by atoms with E-state index in [1.165, 1.54) is 29.7 Å². The number of ether oxygens (including phenoxy) is 1. The molecule has 1 amide bonds. The van der Waals surface area contributed by atoms with Gasteiger partial charge >= 0.3 is 0 Å². The number of methoxy groups -OCH3 is 1. The van der Waals surface area contributed by atoms with Crippen LogP contribution in [0.2, 0.25) is 0 Å². The van der Waals surface area contributed by atoms with Gasteiger partial charge in [0.2, 0.25) is 5.91 Å². The quantitative estimate of drug-likeness (QED) is 0.639. The lowest BCUT2D eigenvalue weighted by atomic mass is 9.61. The number of nitrogens with zero attached hydrogens (tertiary/aromatic N) is 1. The van der Waals surface area contributed by atoms with E-state index in [9.17, 15) is 4.79 Å². The summed E-state index contributed by atoms with van der Waals surface area (Å²) in [6.45, 7) is 5.39. The van der Waals surface area contributed by atoms with Gasteiger partial charge in [-0.15, -0.1) is 0 Å². The lowest BCUT2D eigenvalue weighted by molar-refractivity contribution is -0.132. The molecule has 2 aliphatic rings. The maximum atomic E-state index is 12.2. The number of piperazine rings is 1. The zero-order chi connectivity index (χ0) is 21.7. The first kappa shape index (κ1) is 21.9. The van der Waals surface area contributed by atoms with Crippen molar-refractivity contribution in [2.45, 2.75) is 57.3 Å². The maximum absolute atomic E-state index is 12.2. The number of aromatic amines is 1. The van der Waals surface area contributed by atoms with Gasteiger partial charge in [-0.05, 0) is 79.8 Å². The zero-order valence-electron chi connectivity index (χ0n) is 19.1. The van der Waals surface area contributed by atoms with Crippen molar-refractivity contribution < 1.29 is 9.53 Å². The number of nitrogens with one attached hydrogen (secondary N) is 2. The molecule has 0 bridgehead atoms. The van der Waals surface area contributed by atoms with Crippen LogP contribution in [0.5, 0.6) is 5.75 Å². The summed E-state index contributed by atoms with van der Waals surface area (Å²) < 4.78 is 5.51. The molecule has 0 radical (unpaired) electrons. The van der Waals surface area contributed by atoms with E-state index in [4.69, 9.17) is 4.74 Å². The van der Waals surface area contributed by atoms with Crippen molar-refractivity contribution in [3.63, 3.8) is 0 Å². The highest BCUT2D eigenvalue weighted by atomic mass is 16.5. The average molecular weight is 424 g/mol. The number of aromatic nitrogens is 1. The summed E-state index contributed by atoms with van der Waals surface area (Å²) in [5.41, 5.74) is 4.41. The first-order valence-corrected chi connectivity index (χ1v) is 11.9. The zero-order valence-corrected chi connectivity index (χ0v) is 19.1. The minimum atomic E-state index is 0.121. The largest absolute Gasteiger partial charge is 0.497 e. The van der Waals surface area contributed by atoms with Crippen molar-refractivity contribution in [1.82, 2.24) is 15.2 Å². The van der Waals surface area contributed by atoms with Gasteiger partial charge < -0.3 is 19.9 Å². The highest BCUT2D eigenvalue weighted by molar-refractivity contribution is 5.78. The van der Waals surface area contributed by atoms with Crippen LogP contribution in [-0.4, -0.2) is 49.1 Å². The summed E-state index contributed by atoms with van der Waals surface area (Å²) in [7, 11) is 1.75. The Kier molecular flexibility index (Phi) is 7.01. The molecule has 2 N–H and O–H groups in total. The number of fused-ring (bicyclic) bond motifs is 1. The van der Waals surface area contributed by atoms with Crippen LogP contribution in [0.4, 0.5) is 0 Å². The van der Waals surface area contributed by atoms with Gasteiger partial charge in [0.15, 0.2) is 0 Å². The molecule has 31 heavy (non-hydrogen) atoms. The molecule has 0 saturated carbocycles. The molecular weight excluding hydrogens is 386 g/mol. The molecule has 4 rings (SSSR count). The van der Waals surface area contributed by atoms with E-state index < -0.39 is 0 Å². The van der Waals surface area contributed by atoms with Crippen molar-refractivity contribution >= 4 is 5.91 Å². The van der Waals surface area contributed by atoms with Crippen molar-refractivity contribution in [3.8, 4) is 5.75 Å². The Bertz CT molecular complexity index is 864. The molecule has 1 aliphatic heterocycles. The highest BCUT2D eigenvalue weighted by Crippen LogP contribution is 2.46. The van der Waals surface area contributed by atoms with E-state index in [0.717, 1.165) is 57.5 Å². The number of aryl methyl sites for hydroxylation is 1. The molecule has 1 aromatic heterocycles. The number of amides is 1. The summed E-state index contributed by atoms with van der Waals surface area (Å²) in [5.74, 6) is 1.79.